The maximum atomic E-state index is 13.0. The van der Waals surface area contributed by atoms with Gasteiger partial charge in [0.15, 0.2) is 0 Å². The number of piperidine rings is 1. The lowest BCUT2D eigenvalue weighted by Gasteiger charge is -2.26. The fourth-order valence-corrected chi connectivity index (χ4v) is 3.93. The Kier molecular flexibility index (Phi) is 6.58. The Bertz CT molecular complexity index is 1050. The standard InChI is InChI=1S/C18H20FN5O2.C6H12/c1-12(9-19)24-16-8-14(2-3-15(16)10-20-24)17-21-18(26-22-17)13-4-6-23(11-25)7-5-13;1-3-6(2)4-5-6/h2-3,8,10-13H,4-7,9H2,1H3;3-5H2,1-2H3. The smallest absolute Gasteiger partial charge is 0.230 e. The van der Waals surface area contributed by atoms with Gasteiger partial charge in [0, 0.05) is 30.0 Å². The van der Waals surface area contributed by atoms with E-state index in [-0.39, 0.29) is 12.0 Å². The van der Waals surface area contributed by atoms with Crippen molar-refractivity contribution in [3.05, 3.63) is 30.3 Å². The first-order valence-electron chi connectivity index (χ1n) is 11.5. The molecule has 1 unspecified atom stereocenters. The van der Waals surface area contributed by atoms with Crippen molar-refractivity contribution >= 4 is 17.3 Å². The van der Waals surface area contributed by atoms with Crippen molar-refractivity contribution in [3.8, 4) is 11.4 Å². The second-order valence-corrected chi connectivity index (χ2v) is 9.40. The van der Waals surface area contributed by atoms with Gasteiger partial charge in [0.05, 0.1) is 17.8 Å². The van der Waals surface area contributed by atoms with E-state index >= 15 is 0 Å². The molecule has 7 nitrogen and oxygen atoms in total. The zero-order valence-corrected chi connectivity index (χ0v) is 19.1. The van der Waals surface area contributed by atoms with Gasteiger partial charge >= 0.3 is 0 Å². The molecule has 5 rings (SSSR count). The highest BCUT2D eigenvalue weighted by molar-refractivity contribution is 5.83. The van der Waals surface area contributed by atoms with Crippen LogP contribution < -0.4 is 0 Å². The summed E-state index contributed by atoms with van der Waals surface area (Å²) in [6.45, 7) is 7.35. The predicted molar refractivity (Wildman–Crippen MR) is 121 cm³/mol. The molecule has 1 saturated carbocycles. The number of benzene rings is 1. The Labute approximate surface area is 188 Å². The molecule has 3 heterocycles. The number of fused-ring (bicyclic) bond motifs is 1. The molecule has 1 aromatic carbocycles. The van der Waals surface area contributed by atoms with Gasteiger partial charge in [0.2, 0.25) is 18.1 Å². The summed E-state index contributed by atoms with van der Waals surface area (Å²) in [4.78, 5) is 17.1. The molecule has 1 aliphatic heterocycles. The van der Waals surface area contributed by atoms with Gasteiger partial charge in [0.1, 0.15) is 6.67 Å². The fraction of sp³-hybridized carbons (Fsp3) is 0.583. The number of hydrogen-bond acceptors (Lipinski definition) is 5. The first-order chi connectivity index (χ1) is 15.5. The Hall–Kier alpha value is -2.77. The summed E-state index contributed by atoms with van der Waals surface area (Å²) in [6, 6.07) is 5.43. The van der Waals surface area contributed by atoms with E-state index < -0.39 is 6.67 Å². The van der Waals surface area contributed by atoms with Gasteiger partial charge in [-0.3, -0.25) is 9.48 Å². The first-order valence-corrected chi connectivity index (χ1v) is 11.5. The van der Waals surface area contributed by atoms with Crippen LogP contribution in [-0.2, 0) is 4.79 Å². The molecular weight excluding hydrogens is 409 g/mol. The van der Waals surface area contributed by atoms with Gasteiger partial charge < -0.3 is 9.42 Å². The highest BCUT2D eigenvalue weighted by atomic mass is 19.1. The van der Waals surface area contributed by atoms with E-state index in [0.29, 0.717) is 24.8 Å². The molecule has 0 spiro atoms. The van der Waals surface area contributed by atoms with Gasteiger partial charge in [-0.25, -0.2) is 4.39 Å². The molecule has 3 aromatic rings. The number of nitrogens with zero attached hydrogens (tertiary/aromatic N) is 5. The number of rotatable bonds is 6. The van der Waals surface area contributed by atoms with Crippen molar-refractivity contribution in [2.45, 2.75) is 64.8 Å². The molecule has 2 fully saturated rings. The van der Waals surface area contributed by atoms with Crippen LogP contribution in [-0.4, -0.2) is 51.0 Å². The molecule has 1 aliphatic carbocycles. The molecule has 8 heteroatoms. The monoisotopic (exact) mass is 441 g/mol. The summed E-state index contributed by atoms with van der Waals surface area (Å²) in [5.74, 6) is 1.30. The number of carbonyl (C=O) groups excluding carboxylic acids is 1. The third-order valence-corrected chi connectivity index (χ3v) is 6.92. The summed E-state index contributed by atoms with van der Waals surface area (Å²) in [6.07, 6.45) is 8.58. The summed E-state index contributed by atoms with van der Waals surface area (Å²) in [5, 5.41) is 9.33. The molecule has 1 atom stereocenters. The zero-order valence-electron chi connectivity index (χ0n) is 19.1. The van der Waals surface area contributed by atoms with Gasteiger partial charge in [-0.05, 0) is 44.1 Å². The highest BCUT2D eigenvalue weighted by Crippen LogP contribution is 2.47. The molecule has 1 amide bonds. The molecule has 0 bridgehead atoms. The number of hydrogen-bond donors (Lipinski definition) is 0. The Morgan fingerprint density at radius 1 is 1.31 bits per heavy atom. The minimum atomic E-state index is -0.479. The Balaban J connectivity index is 0.000000354. The van der Waals surface area contributed by atoms with Crippen LogP contribution in [0, 0.1) is 5.41 Å². The Morgan fingerprint density at radius 3 is 2.66 bits per heavy atom. The zero-order chi connectivity index (χ0) is 22.7. The molecule has 2 aliphatic rings. The minimum Gasteiger partial charge on any atom is -0.345 e. The fourth-order valence-electron chi connectivity index (χ4n) is 3.93. The molecular formula is C24H32FN5O2. The van der Waals surface area contributed by atoms with Crippen molar-refractivity contribution in [2.75, 3.05) is 19.8 Å². The van der Waals surface area contributed by atoms with E-state index in [2.05, 4.69) is 29.1 Å². The van der Waals surface area contributed by atoms with E-state index in [9.17, 15) is 9.18 Å². The average Bonchev–Trinajstić information content (AvgIpc) is 3.22. The van der Waals surface area contributed by atoms with E-state index in [0.717, 1.165) is 41.1 Å². The van der Waals surface area contributed by atoms with Crippen LogP contribution in [0.4, 0.5) is 4.39 Å². The SMILES string of the molecule is CC(CF)n1ncc2ccc(-c3noc(C4CCN(C=O)CC4)n3)cc21.CCC1(C)CC1. The van der Waals surface area contributed by atoms with Crippen molar-refractivity contribution < 1.29 is 13.7 Å². The average molecular weight is 442 g/mol. The molecule has 1 saturated heterocycles. The van der Waals surface area contributed by atoms with E-state index in [4.69, 9.17) is 4.52 Å². The third kappa shape index (κ3) is 4.84. The van der Waals surface area contributed by atoms with Gasteiger partial charge in [0.25, 0.3) is 0 Å². The highest BCUT2D eigenvalue weighted by Gasteiger charge is 2.34. The largest absolute Gasteiger partial charge is 0.345 e. The maximum absolute atomic E-state index is 13.0. The number of amides is 1. The van der Waals surface area contributed by atoms with E-state index in [1.165, 1.54) is 19.3 Å². The number of likely N-dealkylation sites (tertiary alicyclic amines) is 1. The van der Waals surface area contributed by atoms with Crippen molar-refractivity contribution in [3.63, 3.8) is 0 Å². The summed E-state index contributed by atoms with van der Waals surface area (Å²) in [5.41, 5.74) is 2.45. The lowest BCUT2D eigenvalue weighted by molar-refractivity contribution is -0.119. The van der Waals surface area contributed by atoms with E-state index in [1.807, 2.05) is 18.2 Å². The van der Waals surface area contributed by atoms with Crippen LogP contribution in [0.25, 0.3) is 22.3 Å². The number of alkyl halides is 1. The number of halogens is 1. The van der Waals surface area contributed by atoms with Gasteiger partial charge in [-0.2, -0.15) is 10.1 Å². The van der Waals surface area contributed by atoms with Gasteiger partial charge in [-0.1, -0.05) is 37.6 Å². The summed E-state index contributed by atoms with van der Waals surface area (Å²) < 4.78 is 20.2. The van der Waals surface area contributed by atoms with Crippen LogP contribution >= 0.6 is 0 Å². The van der Waals surface area contributed by atoms with Crippen LogP contribution in [0.2, 0.25) is 0 Å². The number of carbonyl (C=O) groups is 1. The Morgan fingerprint density at radius 2 is 2.06 bits per heavy atom. The minimum absolute atomic E-state index is 0.174. The molecule has 0 radical (unpaired) electrons. The lowest BCUT2D eigenvalue weighted by atomic mass is 9.97. The van der Waals surface area contributed by atoms with Crippen LogP contribution in [0.3, 0.4) is 0 Å². The van der Waals surface area contributed by atoms with Gasteiger partial charge in [-0.15, -0.1) is 0 Å². The third-order valence-electron chi connectivity index (χ3n) is 6.92. The first kappa shape index (κ1) is 22.4. The number of aromatic nitrogens is 4. The van der Waals surface area contributed by atoms with Crippen LogP contribution in [0.5, 0.6) is 0 Å². The lowest BCUT2D eigenvalue weighted by Crippen LogP contribution is -2.31. The summed E-state index contributed by atoms with van der Waals surface area (Å²) >= 11 is 0. The quantitative estimate of drug-likeness (QED) is 0.495. The predicted octanol–water partition coefficient (Wildman–Crippen LogP) is 5.15. The van der Waals surface area contributed by atoms with Crippen LogP contribution in [0.15, 0.2) is 28.9 Å². The van der Waals surface area contributed by atoms with Crippen molar-refractivity contribution in [1.82, 2.24) is 24.8 Å². The normalized spacial score (nSPS) is 18.8. The second-order valence-electron chi connectivity index (χ2n) is 9.40. The topological polar surface area (TPSA) is 77.0 Å². The van der Waals surface area contributed by atoms with E-state index in [1.54, 1.807) is 22.7 Å². The molecule has 2 aromatic heterocycles. The molecule has 0 N–H and O–H groups in total. The molecule has 32 heavy (non-hydrogen) atoms. The molecule has 172 valence electrons. The van der Waals surface area contributed by atoms with Crippen LogP contribution in [0.1, 0.15) is 70.7 Å². The second kappa shape index (κ2) is 9.38. The maximum Gasteiger partial charge on any atom is 0.230 e. The van der Waals surface area contributed by atoms with Crippen molar-refractivity contribution in [2.24, 2.45) is 5.41 Å². The van der Waals surface area contributed by atoms with Crippen molar-refractivity contribution in [1.29, 1.82) is 0 Å². The summed E-state index contributed by atoms with van der Waals surface area (Å²) in [7, 11) is 0.